The number of hydrogen-bond acceptors (Lipinski definition) is 4. The molecule has 0 bridgehead atoms. The molecule has 9 heteroatoms. The van der Waals surface area contributed by atoms with Crippen molar-refractivity contribution in [2.45, 2.75) is 0 Å². The molecule has 2 heterocycles. The highest BCUT2D eigenvalue weighted by atomic mass is 35.5. The summed E-state index contributed by atoms with van der Waals surface area (Å²) >= 11 is 11.3. The van der Waals surface area contributed by atoms with E-state index in [1.807, 2.05) is 36.4 Å². The smallest absolute Gasteiger partial charge is 0.216 e. The molecule has 0 aliphatic heterocycles. The molecule has 2 aromatic carbocycles. The van der Waals surface area contributed by atoms with Crippen LogP contribution in [0.5, 0.6) is 0 Å². The summed E-state index contributed by atoms with van der Waals surface area (Å²) in [6, 6.07) is 16.0. The van der Waals surface area contributed by atoms with Crippen LogP contribution in [0.3, 0.4) is 0 Å². The van der Waals surface area contributed by atoms with Gasteiger partial charge in [-0.25, -0.2) is 9.49 Å². The van der Waals surface area contributed by atoms with Crippen molar-refractivity contribution >= 4 is 30.0 Å². The first-order valence-corrected chi connectivity index (χ1v) is 8.69. The minimum absolute atomic E-state index is 0.169. The van der Waals surface area contributed by atoms with Crippen molar-refractivity contribution in [3.05, 3.63) is 75.8 Å². The highest BCUT2D eigenvalue weighted by Crippen LogP contribution is 2.23. The molecule has 4 aromatic rings. The van der Waals surface area contributed by atoms with Crippen molar-refractivity contribution in [3.63, 3.8) is 0 Å². The normalized spacial score (nSPS) is 11.3. The fraction of sp³-hybridized carbons (Fsp3) is 0. The molecule has 2 aromatic heterocycles. The van der Waals surface area contributed by atoms with Gasteiger partial charge < -0.3 is 0 Å². The van der Waals surface area contributed by atoms with Gasteiger partial charge in [0, 0.05) is 11.1 Å². The molecule has 2 N–H and O–H groups in total. The maximum absolute atomic E-state index is 13.9. The first-order valence-electron chi connectivity index (χ1n) is 7.90. The number of H-pyrrole nitrogens is 2. The molecule has 0 spiro atoms. The lowest BCUT2D eigenvalue weighted by molar-refractivity contribution is 0.625. The van der Waals surface area contributed by atoms with Gasteiger partial charge in [-0.15, -0.1) is 0 Å². The van der Waals surface area contributed by atoms with Crippen LogP contribution < -0.4 is 0 Å². The van der Waals surface area contributed by atoms with E-state index in [0.717, 1.165) is 11.3 Å². The second-order valence-corrected chi connectivity index (χ2v) is 6.37. The number of hydrogen-bond donors (Lipinski definition) is 2. The molecule has 0 radical (unpaired) electrons. The van der Waals surface area contributed by atoms with Crippen molar-refractivity contribution < 1.29 is 4.39 Å². The Kier molecular flexibility index (Phi) is 4.66. The minimum Gasteiger partial charge on any atom is -0.274 e. The summed E-state index contributed by atoms with van der Waals surface area (Å²) in [6.45, 7) is 0. The van der Waals surface area contributed by atoms with Crippen LogP contribution in [0.4, 0.5) is 4.39 Å². The van der Waals surface area contributed by atoms with E-state index < -0.39 is 5.82 Å². The fourth-order valence-electron chi connectivity index (χ4n) is 2.52. The molecule has 134 valence electrons. The topological polar surface area (TPSA) is 74.7 Å². The third-order valence-electron chi connectivity index (χ3n) is 3.84. The number of nitrogens with one attached hydrogen (secondary N) is 2. The first-order chi connectivity index (χ1) is 13.1. The van der Waals surface area contributed by atoms with E-state index in [1.165, 1.54) is 23.0 Å². The Bertz CT molecular complexity index is 1160. The third-order valence-corrected chi connectivity index (χ3v) is 4.43. The summed E-state index contributed by atoms with van der Waals surface area (Å²) in [6.07, 6.45) is 1.31. The number of rotatable bonds is 4. The van der Waals surface area contributed by atoms with Gasteiger partial charge in [0.2, 0.25) is 10.6 Å². The number of nitrogens with zero attached hydrogens (tertiary/aromatic N) is 4. The Morgan fingerprint density at radius 1 is 1.07 bits per heavy atom. The van der Waals surface area contributed by atoms with Crippen LogP contribution in [0, 0.1) is 10.6 Å². The van der Waals surface area contributed by atoms with Gasteiger partial charge in [0.05, 0.1) is 16.9 Å². The van der Waals surface area contributed by atoms with Crippen LogP contribution in [0.25, 0.3) is 22.8 Å². The van der Waals surface area contributed by atoms with E-state index in [-0.39, 0.29) is 15.4 Å². The summed E-state index contributed by atoms with van der Waals surface area (Å²) in [7, 11) is 0. The number of aromatic nitrogens is 5. The Hall–Kier alpha value is -3.10. The highest BCUT2D eigenvalue weighted by Gasteiger charge is 2.13. The molecule has 27 heavy (non-hydrogen) atoms. The van der Waals surface area contributed by atoms with E-state index in [0.29, 0.717) is 11.5 Å². The Balaban J connectivity index is 1.72. The molecule has 0 atom stereocenters. The molecular weight excluding hydrogens is 387 g/mol. The molecule has 0 saturated carbocycles. The quantitative estimate of drug-likeness (QED) is 0.387. The zero-order valence-corrected chi connectivity index (χ0v) is 15.3. The molecule has 0 fully saturated rings. The van der Waals surface area contributed by atoms with Gasteiger partial charge in [-0.2, -0.15) is 20.0 Å². The molecule has 4 rings (SSSR count). The largest absolute Gasteiger partial charge is 0.274 e. The first kappa shape index (κ1) is 17.3. The second-order valence-electron chi connectivity index (χ2n) is 5.58. The fourth-order valence-corrected chi connectivity index (χ4v) is 2.91. The van der Waals surface area contributed by atoms with Crippen molar-refractivity contribution in [1.29, 1.82) is 0 Å². The summed E-state index contributed by atoms with van der Waals surface area (Å²) in [5, 5.41) is 18.6. The molecule has 0 saturated heterocycles. The monoisotopic (exact) mass is 398 g/mol. The molecule has 0 unspecified atom stereocenters. The SMILES string of the molecule is Fc1cccc(Cl)c1/C=N\n1c(-c2cc(-c3ccccc3)n[nH]2)n[nH]c1=S. The molecule has 0 aliphatic rings. The van der Waals surface area contributed by atoms with Gasteiger partial charge in [0.15, 0.2) is 0 Å². The Morgan fingerprint density at radius 3 is 2.67 bits per heavy atom. The van der Waals surface area contributed by atoms with Gasteiger partial charge in [-0.05, 0) is 30.4 Å². The predicted molar refractivity (Wildman–Crippen MR) is 105 cm³/mol. The van der Waals surface area contributed by atoms with Crippen LogP contribution in [0.15, 0.2) is 59.7 Å². The Morgan fingerprint density at radius 2 is 1.89 bits per heavy atom. The van der Waals surface area contributed by atoms with Crippen molar-refractivity contribution in [2.24, 2.45) is 5.10 Å². The molecular formula is C18H12ClFN6S. The van der Waals surface area contributed by atoms with Crippen LogP contribution in [-0.4, -0.2) is 31.3 Å². The summed E-state index contributed by atoms with van der Waals surface area (Å²) in [5.41, 5.74) is 2.50. The molecule has 0 amide bonds. The van der Waals surface area contributed by atoms with Gasteiger partial charge >= 0.3 is 0 Å². The van der Waals surface area contributed by atoms with Gasteiger partial charge in [-0.3, -0.25) is 5.10 Å². The van der Waals surface area contributed by atoms with Crippen LogP contribution in [0.1, 0.15) is 5.56 Å². The zero-order valence-electron chi connectivity index (χ0n) is 13.7. The van der Waals surface area contributed by atoms with Crippen LogP contribution in [0.2, 0.25) is 5.02 Å². The van der Waals surface area contributed by atoms with E-state index in [2.05, 4.69) is 25.5 Å². The van der Waals surface area contributed by atoms with E-state index in [4.69, 9.17) is 23.8 Å². The highest BCUT2D eigenvalue weighted by molar-refractivity contribution is 7.71. The molecule has 6 nitrogen and oxygen atoms in total. The number of aromatic amines is 2. The lowest BCUT2D eigenvalue weighted by Gasteiger charge is -2.00. The van der Waals surface area contributed by atoms with Crippen LogP contribution >= 0.6 is 23.8 Å². The minimum atomic E-state index is -0.476. The van der Waals surface area contributed by atoms with Gasteiger partial charge in [0.1, 0.15) is 11.5 Å². The van der Waals surface area contributed by atoms with E-state index in [9.17, 15) is 4.39 Å². The maximum Gasteiger partial charge on any atom is 0.216 e. The van der Waals surface area contributed by atoms with Gasteiger partial charge in [0.25, 0.3) is 0 Å². The van der Waals surface area contributed by atoms with Crippen molar-refractivity contribution in [2.75, 3.05) is 0 Å². The zero-order chi connectivity index (χ0) is 18.8. The maximum atomic E-state index is 13.9. The Labute approximate surface area is 163 Å². The number of halogens is 2. The van der Waals surface area contributed by atoms with Crippen LogP contribution in [-0.2, 0) is 0 Å². The van der Waals surface area contributed by atoms with E-state index >= 15 is 0 Å². The van der Waals surface area contributed by atoms with E-state index in [1.54, 1.807) is 6.07 Å². The van der Waals surface area contributed by atoms with Gasteiger partial charge in [-0.1, -0.05) is 48.0 Å². The lowest BCUT2D eigenvalue weighted by Crippen LogP contribution is -1.97. The average molecular weight is 399 g/mol. The standard InChI is InChI=1S/C18H12ClFN6S/c19-13-7-4-8-14(20)12(13)10-21-26-17(24-25-18(26)27)16-9-15(22-23-16)11-5-2-1-3-6-11/h1-10H,(H,22,23)(H,25,27)/b21-10-. The van der Waals surface area contributed by atoms with Crippen molar-refractivity contribution in [3.8, 4) is 22.8 Å². The average Bonchev–Trinajstić information content (AvgIpc) is 3.29. The number of benzene rings is 2. The summed E-state index contributed by atoms with van der Waals surface area (Å²) in [5.74, 6) is -0.0610. The second kappa shape index (κ2) is 7.26. The third kappa shape index (κ3) is 3.44. The summed E-state index contributed by atoms with van der Waals surface area (Å²) < 4.78 is 15.6. The van der Waals surface area contributed by atoms with Crippen molar-refractivity contribution in [1.82, 2.24) is 25.1 Å². The summed E-state index contributed by atoms with van der Waals surface area (Å²) in [4.78, 5) is 0. The predicted octanol–water partition coefficient (Wildman–Crippen LogP) is 4.67. The molecule has 0 aliphatic carbocycles. The lowest BCUT2D eigenvalue weighted by atomic mass is 10.1.